The van der Waals surface area contributed by atoms with Gasteiger partial charge in [0, 0.05) is 0 Å². The molecule has 7 fully saturated rings. The Morgan fingerprint density at radius 3 is 0.992 bits per heavy atom. The van der Waals surface area contributed by atoms with Crippen molar-refractivity contribution >= 4 is 0 Å². The molecule has 7 saturated carbocycles. The van der Waals surface area contributed by atoms with Gasteiger partial charge < -0.3 is 0 Å². The predicted octanol–water partition coefficient (Wildman–Crippen LogP) is 40.5. The van der Waals surface area contributed by atoms with Crippen molar-refractivity contribution in [1.82, 2.24) is 0 Å². The molecule has 712 valence electrons. The van der Waals surface area contributed by atoms with Gasteiger partial charge in [-0.25, -0.2) is 0 Å². The highest BCUT2D eigenvalue weighted by Crippen LogP contribution is 2.61. The van der Waals surface area contributed by atoms with Crippen LogP contribution in [-0.2, 0) is 6.42 Å². The number of hydrogen-bond acceptors (Lipinski definition) is 0. The van der Waals surface area contributed by atoms with E-state index in [0.29, 0.717) is 88.3 Å². The Bertz CT molecular complexity index is 3030. The first-order valence-corrected chi connectivity index (χ1v) is 49.3. The highest BCUT2D eigenvalue weighted by atomic mass is 19.4. The van der Waals surface area contributed by atoms with Crippen molar-refractivity contribution in [2.75, 3.05) is 0 Å². The summed E-state index contributed by atoms with van der Waals surface area (Å²) in [6.07, 6.45) is 21.4. The Morgan fingerprint density at radius 1 is 0.380 bits per heavy atom. The van der Waals surface area contributed by atoms with Gasteiger partial charge in [0.05, 0.1) is 16.2 Å². The summed E-state index contributed by atoms with van der Waals surface area (Å²) in [5.74, 6) is 6.45. The second-order valence-electron chi connectivity index (χ2n) is 47.9. The molecule has 1 spiro atoms. The van der Waals surface area contributed by atoms with E-state index in [1.807, 2.05) is 34.6 Å². The van der Waals surface area contributed by atoms with Crippen molar-refractivity contribution in [1.29, 1.82) is 0 Å². The summed E-state index contributed by atoms with van der Waals surface area (Å²) in [6, 6.07) is 26.0. The first-order valence-electron chi connectivity index (χ1n) is 49.3. The Morgan fingerprint density at radius 2 is 0.711 bits per heavy atom. The summed E-state index contributed by atoms with van der Waals surface area (Å²) in [7, 11) is 0. The van der Waals surface area contributed by atoms with Crippen molar-refractivity contribution in [2.24, 2.45) is 106 Å². The molecule has 0 radical (unpaired) electrons. The largest absolute Gasteiger partial charge is 0.394 e. The van der Waals surface area contributed by atoms with Crippen LogP contribution in [0, 0.1) is 134 Å². The van der Waals surface area contributed by atoms with Crippen molar-refractivity contribution in [3.05, 3.63) is 106 Å². The van der Waals surface area contributed by atoms with E-state index in [1.54, 1.807) is 6.92 Å². The minimum atomic E-state index is -4.02. The van der Waals surface area contributed by atoms with Crippen molar-refractivity contribution in [3.8, 4) is 0 Å². The predicted molar refractivity (Wildman–Crippen MR) is 518 cm³/mol. The summed E-state index contributed by atoms with van der Waals surface area (Å²) in [6.45, 7) is 86.5. The smallest absolute Gasteiger partial charge is 0.171 e. The highest BCUT2D eigenvalue weighted by molar-refractivity contribution is 5.24. The van der Waals surface area contributed by atoms with E-state index in [-0.39, 0.29) is 24.7 Å². The van der Waals surface area contributed by atoms with Crippen molar-refractivity contribution in [3.63, 3.8) is 0 Å². The fourth-order valence-electron chi connectivity index (χ4n) is 20.5. The molecule has 9 heteroatoms. The number of benzene rings is 3. The van der Waals surface area contributed by atoms with Crippen LogP contribution in [0.5, 0.6) is 0 Å². The van der Waals surface area contributed by atoms with Crippen LogP contribution in [0.2, 0.25) is 0 Å². The highest BCUT2D eigenvalue weighted by Gasteiger charge is 2.56. The summed E-state index contributed by atoms with van der Waals surface area (Å²) in [4.78, 5) is 0. The third-order valence-corrected chi connectivity index (χ3v) is 29.8. The zero-order chi connectivity index (χ0) is 94.7. The Balaban J connectivity index is 0. The number of alkyl halides is 9. The maximum Gasteiger partial charge on any atom is 0.394 e. The third kappa shape index (κ3) is 47.3. The molecular formula is C112H201F9. The van der Waals surface area contributed by atoms with Gasteiger partial charge in [-0.2, -0.15) is 39.5 Å². The van der Waals surface area contributed by atoms with E-state index in [4.69, 9.17) is 0 Å². The van der Waals surface area contributed by atoms with E-state index >= 15 is 0 Å². The summed E-state index contributed by atoms with van der Waals surface area (Å²) < 4.78 is 112. The minimum Gasteiger partial charge on any atom is -0.171 e. The molecular weight excluding hydrogens is 1520 g/mol. The SMILES string of the molecule is CC.CC(C)C(C)C(C)C.CC1(C)CCC(C)(C(F)(F)F)CC1.CC1C(C)(C)CC(C)(C)CC1(C)C.CC1CCC(C)(C(F)(F)F)CC1.CC1CCC2(CC1)CC(C)(C)CC(C)(C)C2.CCC1(C(F)(F)F)CCCC1.CCC1(C)CCCC1.CCCCC(C)CC.Cc1ccc(C(C)C)cc1.Cc1ccc(C)cc1.Cc1ccc(CC(C)(C)C)cc1. The molecule has 0 amide bonds. The zero-order valence-electron chi connectivity index (χ0n) is 87.1. The topological polar surface area (TPSA) is 0 Å². The molecule has 7 aliphatic carbocycles. The molecule has 0 bridgehead atoms. The first-order chi connectivity index (χ1) is 54.9. The number of rotatable bonds is 10. The maximum absolute atomic E-state index is 12.6. The Hall–Kier alpha value is -2.97. The quantitative estimate of drug-likeness (QED) is 0.178. The van der Waals surface area contributed by atoms with E-state index in [0.717, 1.165) is 73.0 Å². The van der Waals surface area contributed by atoms with Crippen molar-refractivity contribution < 1.29 is 39.5 Å². The van der Waals surface area contributed by atoms with Gasteiger partial charge in [0.1, 0.15) is 0 Å². The van der Waals surface area contributed by atoms with Crippen LogP contribution < -0.4 is 0 Å². The third-order valence-electron chi connectivity index (χ3n) is 29.8. The molecule has 121 heavy (non-hydrogen) atoms. The zero-order valence-corrected chi connectivity index (χ0v) is 87.1. The average molecular weight is 1720 g/mol. The lowest BCUT2D eigenvalue weighted by atomic mass is 9.51. The summed E-state index contributed by atoms with van der Waals surface area (Å²) in [5, 5.41) is 0. The van der Waals surface area contributed by atoms with Gasteiger partial charge in [0.25, 0.3) is 0 Å². The average Bonchev–Trinajstić information content (AvgIpc) is 1.80. The monoisotopic (exact) mass is 1720 g/mol. The molecule has 0 heterocycles. The van der Waals surface area contributed by atoms with Crippen LogP contribution in [0.25, 0.3) is 0 Å². The molecule has 3 aromatic rings. The lowest BCUT2D eigenvalue weighted by molar-refractivity contribution is -0.232. The molecule has 7 aliphatic rings. The molecule has 0 aromatic heterocycles. The molecule has 0 nitrogen and oxygen atoms in total. The molecule has 1 atom stereocenters. The van der Waals surface area contributed by atoms with Crippen molar-refractivity contribution in [2.45, 2.75) is 500 Å². The first kappa shape index (κ1) is 120. The van der Waals surface area contributed by atoms with Gasteiger partial charge in [-0.1, -0.05) is 408 Å². The maximum atomic E-state index is 12.6. The van der Waals surface area contributed by atoms with Crippen LogP contribution >= 0.6 is 0 Å². The van der Waals surface area contributed by atoms with Gasteiger partial charge >= 0.3 is 18.5 Å². The van der Waals surface area contributed by atoms with Gasteiger partial charge in [0.2, 0.25) is 0 Å². The lowest BCUT2D eigenvalue weighted by Gasteiger charge is -2.54. The summed E-state index contributed by atoms with van der Waals surface area (Å²) in [5.41, 5.74) is 8.66. The fourth-order valence-corrected chi connectivity index (χ4v) is 20.5. The Labute approximate surface area is 747 Å². The molecule has 10 rings (SSSR count). The second-order valence-corrected chi connectivity index (χ2v) is 47.9. The van der Waals surface area contributed by atoms with Gasteiger partial charge in [-0.3, -0.25) is 0 Å². The standard InChI is InChI=1S/C16H30.C13H26.C12H18.C10H17F3.C10H14.C9H15F3.C8H13F3.C8H10.C8H16.2C8H18.C2H6/c1-13-6-8-16(9-7-13)11-14(2,3)10-15(4,5)12-16;1-10-12(4,5)8-11(2,3)9-13(10,6)7;1-10-5-7-11(8-6-10)9-12(2,3)4;1-8(2)4-6-9(3,7-5-8)10(11,12)13;1-8(2)10-6-4-9(3)5-7-10;1-7-3-5-8(2,6-4-7)9(10,11)12;1-2-7(8(9,10)11)5-3-4-6-7;1-7-3-5-8(2)6-4-7;1-3-8(2)6-4-5-7-8;1-6(2)8(5)7(3)4;1-4-6-7-8(3)5-2;1-2/h13H,6-12H2,1-5H3;10H,8-9H2,1-7H3;5-8H,9H2,1-4H3;4-7H2,1-3H3;4-8H,1-3H3;7H,3-6H2,1-2H3;2-6H2,1H3;3-6H,1-2H3;3-7H2,1-2H3;6-8H,1-5H3;8H,4-7H2,1-3H3;1-2H3. The second kappa shape index (κ2) is 52.6. The van der Waals surface area contributed by atoms with E-state index in [9.17, 15) is 39.5 Å². The van der Waals surface area contributed by atoms with Crippen LogP contribution in [-0.4, -0.2) is 18.5 Å². The number of unbranched alkanes of at least 4 members (excludes halogenated alkanes) is 1. The normalized spacial score (nSPS) is 22.8. The van der Waals surface area contributed by atoms with Crippen LogP contribution in [0.1, 0.15) is 481 Å². The van der Waals surface area contributed by atoms with Crippen LogP contribution in [0.15, 0.2) is 72.8 Å². The van der Waals surface area contributed by atoms with Crippen LogP contribution in [0.3, 0.4) is 0 Å². The number of hydrogen-bond donors (Lipinski definition) is 0. The van der Waals surface area contributed by atoms with E-state index in [2.05, 4.69) is 287 Å². The number of halogens is 9. The van der Waals surface area contributed by atoms with Crippen LogP contribution in [0.4, 0.5) is 39.5 Å². The van der Waals surface area contributed by atoms with Gasteiger partial charge in [0.15, 0.2) is 0 Å². The van der Waals surface area contributed by atoms with E-state index in [1.165, 1.54) is 163 Å². The fraction of sp³-hybridized carbons (Fsp3) is 0.839. The molecule has 0 saturated heterocycles. The van der Waals surface area contributed by atoms with Gasteiger partial charge in [-0.15, -0.1) is 0 Å². The minimum absolute atomic E-state index is 0.102. The van der Waals surface area contributed by atoms with Gasteiger partial charge in [-0.05, 0) is 270 Å². The summed E-state index contributed by atoms with van der Waals surface area (Å²) >= 11 is 0. The van der Waals surface area contributed by atoms with E-state index < -0.39 is 34.8 Å². The molecule has 1 unspecified atom stereocenters. The Kier molecular flexibility index (Phi) is 52.2. The molecule has 3 aromatic carbocycles. The molecule has 0 N–H and O–H groups in total. The molecule has 0 aliphatic heterocycles. The number of aryl methyl sites for hydroxylation is 4. The lowest BCUT2D eigenvalue weighted by Crippen LogP contribution is -2.45.